The van der Waals surface area contributed by atoms with Crippen LogP contribution >= 0.6 is 75.1 Å². The quantitative estimate of drug-likeness (QED) is 0.0985. The summed E-state index contributed by atoms with van der Waals surface area (Å²) in [6.07, 6.45) is 1.86. The fourth-order valence-electron chi connectivity index (χ4n) is 17.1. The maximum absolute atomic E-state index is 3.82. The lowest BCUT2D eigenvalue weighted by atomic mass is 10.0. The molecule has 3 aromatic heterocycles. The number of aromatic nitrogens is 2. The van der Waals surface area contributed by atoms with E-state index in [-0.39, 0.29) is 0 Å². The van der Waals surface area contributed by atoms with Gasteiger partial charge in [-0.15, -0.1) is 11.3 Å². The molecular weight excluding hydrogens is 1880 g/mol. The molecule has 11 heteroatoms. The Morgan fingerprint density at radius 3 is 0.992 bits per heavy atom. The van der Waals surface area contributed by atoms with E-state index in [0.29, 0.717) is 0 Å². The molecule has 1 N–H and O–H groups in total. The second-order valence-corrected chi connectivity index (χ2v) is 37.4. The van der Waals surface area contributed by atoms with Gasteiger partial charge in [-0.1, -0.05) is 299 Å². The number of aromatic amines is 1. The lowest BCUT2D eigenvalue weighted by Crippen LogP contribution is -2.09. The third-order valence-electron chi connectivity index (χ3n) is 23.8. The van der Waals surface area contributed by atoms with E-state index in [9.17, 15) is 0 Å². The number of halogens is 4. The minimum atomic E-state index is 1.07. The van der Waals surface area contributed by atoms with Crippen LogP contribution < -0.4 is 19.6 Å². The minimum Gasteiger partial charge on any atom is -0.355 e. The van der Waals surface area contributed by atoms with E-state index in [4.69, 9.17) is 0 Å². The number of nitrogens with zero attached hydrogens (tertiary/aromatic N) is 5. The van der Waals surface area contributed by atoms with Gasteiger partial charge in [0.25, 0.3) is 0 Å². The van der Waals surface area contributed by atoms with Crippen LogP contribution in [0.15, 0.2) is 473 Å². The molecule has 0 amide bonds. The fourth-order valence-corrected chi connectivity index (χ4v) is 19.4. The number of fused-ring (bicyclic) bond motifs is 9. The van der Waals surface area contributed by atoms with Gasteiger partial charge in [-0.2, -0.15) is 0 Å². The first kappa shape index (κ1) is 86.3. The lowest BCUT2D eigenvalue weighted by molar-refractivity contribution is 1.18. The fraction of sp³-hybridized carbons (Fsp3) is 0.0333. The number of H-pyrrole nitrogens is 1. The molecule has 0 aliphatic carbocycles. The van der Waals surface area contributed by atoms with Crippen molar-refractivity contribution >= 4 is 213 Å². The predicted octanol–water partition coefficient (Wildman–Crippen LogP) is 37.7. The van der Waals surface area contributed by atoms with Gasteiger partial charge < -0.3 is 29.2 Å². The summed E-state index contributed by atoms with van der Waals surface area (Å²) in [7, 11) is 0. The van der Waals surface area contributed by atoms with Crippen LogP contribution in [0.3, 0.4) is 0 Å². The van der Waals surface area contributed by atoms with E-state index in [0.717, 1.165) is 91.7 Å². The van der Waals surface area contributed by atoms with Crippen molar-refractivity contribution in [3.8, 4) is 39.1 Å². The van der Waals surface area contributed by atoms with Gasteiger partial charge in [0, 0.05) is 145 Å². The van der Waals surface area contributed by atoms with Crippen LogP contribution in [0.2, 0.25) is 0 Å². The van der Waals surface area contributed by atoms with Crippen molar-refractivity contribution in [2.24, 2.45) is 0 Å². The number of para-hydroxylation sites is 3. The van der Waals surface area contributed by atoms with Crippen molar-refractivity contribution in [1.82, 2.24) is 9.55 Å². The maximum Gasteiger partial charge on any atom is 0.0541 e. The summed E-state index contributed by atoms with van der Waals surface area (Å²) in [5, 5.41) is 7.71. The zero-order valence-electron chi connectivity index (χ0n) is 72.7. The topological polar surface area (TPSA) is 33.7 Å². The number of aryl methyl sites for hydroxylation is 4. The van der Waals surface area contributed by atoms with Crippen molar-refractivity contribution in [1.29, 1.82) is 0 Å². The second-order valence-electron chi connectivity index (χ2n) is 32.7. The monoisotopic (exact) mass is 1960 g/mol. The average Bonchev–Trinajstić information content (AvgIpc) is 1.59. The van der Waals surface area contributed by atoms with E-state index in [1.165, 1.54) is 125 Å². The van der Waals surface area contributed by atoms with Gasteiger partial charge in [-0.05, 0) is 315 Å². The van der Waals surface area contributed by atoms with Crippen LogP contribution in [0.4, 0.5) is 68.2 Å². The van der Waals surface area contributed by atoms with Crippen molar-refractivity contribution in [3.05, 3.63) is 501 Å². The van der Waals surface area contributed by atoms with E-state index < -0.39 is 0 Å². The first-order valence-corrected chi connectivity index (χ1v) is 47.7. The predicted molar refractivity (Wildman–Crippen MR) is 577 cm³/mol. The Bertz CT molecular complexity index is 7540. The Morgan fingerprint density at radius 2 is 0.565 bits per heavy atom. The van der Waals surface area contributed by atoms with Crippen molar-refractivity contribution < 1.29 is 0 Å². The number of nitrogens with one attached hydrogen (secondary N) is 1. The number of benzene rings is 19. The molecule has 0 aliphatic rings. The summed E-state index contributed by atoms with van der Waals surface area (Å²) in [4.78, 5) is 12.7. The third-order valence-corrected chi connectivity index (χ3v) is 27.2. The summed E-state index contributed by atoms with van der Waals surface area (Å²) in [5.41, 5.74) is 33.0. The van der Waals surface area contributed by atoms with E-state index in [1.54, 1.807) is 0 Å². The zero-order chi connectivity index (χ0) is 89.4. The number of hydrogen-bond acceptors (Lipinski definition) is 5. The molecule has 0 atom stereocenters. The molecular formula is C120H90Br4N6S. The van der Waals surface area contributed by atoms with Crippen molar-refractivity contribution in [2.45, 2.75) is 27.7 Å². The van der Waals surface area contributed by atoms with E-state index in [1.807, 2.05) is 17.4 Å². The summed E-state index contributed by atoms with van der Waals surface area (Å²) >= 11 is 16.1. The smallest absolute Gasteiger partial charge is 0.0541 e. The number of anilines is 12. The van der Waals surface area contributed by atoms with Gasteiger partial charge in [0.2, 0.25) is 0 Å². The van der Waals surface area contributed by atoms with Crippen molar-refractivity contribution in [3.63, 3.8) is 0 Å². The van der Waals surface area contributed by atoms with Crippen molar-refractivity contribution in [2.75, 3.05) is 19.6 Å². The molecule has 0 saturated carbocycles. The Hall–Kier alpha value is -14.1. The van der Waals surface area contributed by atoms with Gasteiger partial charge in [0.1, 0.15) is 0 Å². The molecule has 0 aliphatic heterocycles. The minimum absolute atomic E-state index is 1.07. The molecule has 22 aromatic rings. The molecule has 0 fully saturated rings. The molecule has 634 valence electrons. The molecule has 0 bridgehead atoms. The summed E-state index contributed by atoms with van der Waals surface area (Å²) in [6, 6.07) is 160. The third kappa shape index (κ3) is 19.0. The number of rotatable bonds is 17. The number of thiophene rings is 1. The highest BCUT2D eigenvalue weighted by atomic mass is 79.9. The van der Waals surface area contributed by atoms with E-state index in [2.05, 4.69) is 576 Å². The molecule has 22 rings (SSSR count). The molecule has 0 saturated heterocycles. The normalized spacial score (nSPS) is 11.1. The summed E-state index contributed by atoms with van der Waals surface area (Å²) in [6.45, 7) is 12.3. The SMILES string of the molecule is C=Cc1ccc(N(c2ccc(C)cc2)c2ccc(Br)cc2)cc1.Cc1ccc(N(c2ccc(Br)cc2)c2ccc(-c3ccc4[nH]c5ccccc5c4c3)cc2)cc1.Cc1ccc(N(c2ccc(Br)cc2)c2ccc(-c3ccc4c(c3)c3ccccc3n4-c3ccccc3)cc2)cc1.Cc1ccc(N(c2ccc(Br)cc2)c2ccc(-c3cccc4c3sc3ccccc34)cc2)cc1. The highest BCUT2D eigenvalue weighted by Gasteiger charge is 2.21. The highest BCUT2D eigenvalue weighted by Crippen LogP contribution is 2.46. The Labute approximate surface area is 803 Å². The highest BCUT2D eigenvalue weighted by molar-refractivity contribution is 9.11. The van der Waals surface area contributed by atoms with Crippen LogP contribution in [-0.2, 0) is 0 Å². The Kier molecular flexibility index (Phi) is 25.7. The van der Waals surface area contributed by atoms with Gasteiger partial charge in [-0.25, -0.2) is 0 Å². The summed E-state index contributed by atoms with van der Waals surface area (Å²) < 4.78 is 9.33. The molecule has 6 nitrogen and oxygen atoms in total. The molecule has 19 aromatic carbocycles. The van der Waals surface area contributed by atoms with Crippen LogP contribution in [0.1, 0.15) is 27.8 Å². The first-order chi connectivity index (χ1) is 64.1. The standard InChI is InChI=1S/C37H27BrN2.C31H23BrN2.C31H22BrNS.C21H18BrN/c1-26-11-18-31(19-12-26)39(33-22-16-29(38)17-23-33)32-20-13-27(14-21-32)28-15-24-37-35(25-28)34-9-5-6-10-36(34)40(37)30-7-3-2-4-8-30;1-21-6-13-25(14-7-21)34(27-17-11-24(32)12-18-27)26-15-8-22(9-16-26)23-10-19-31-29(20-23)28-4-2-3-5-30(28)33-31;1-21-9-15-24(16-10-21)33(26-19-13-23(32)14-20-26)25-17-11-22(12-18-25)27-6-4-7-29-28-5-2-3-8-30(28)34-31(27)29;1-3-17-6-12-20(13-7-17)23(19-10-4-16(2)5-11-19)21-14-8-18(22)9-15-21/h2-25H,1H3;2-20,33H,1H3;2-20H,1H3;3-15H,1H2,2H3. The molecule has 131 heavy (non-hydrogen) atoms. The van der Waals surface area contributed by atoms with Gasteiger partial charge in [0.15, 0.2) is 0 Å². The van der Waals surface area contributed by atoms with Crippen LogP contribution in [0.5, 0.6) is 0 Å². The van der Waals surface area contributed by atoms with Crippen LogP contribution in [0, 0.1) is 27.7 Å². The number of hydrogen-bond donors (Lipinski definition) is 1. The molecule has 0 radical (unpaired) electrons. The Balaban J connectivity index is 0.000000115. The Morgan fingerprint density at radius 1 is 0.252 bits per heavy atom. The second kappa shape index (κ2) is 39.0. The molecule has 0 unspecified atom stereocenters. The van der Waals surface area contributed by atoms with Gasteiger partial charge in [0.05, 0.1) is 11.0 Å². The lowest BCUT2D eigenvalue weighted by Gasteiger charge is -2.26. The largest absolute Gasteiger partial charge is 0.355 e. The summed E-state index contributed by atoms with van der Waals surface area (Å²) in [5.74, 6) is 0. The maximum atomic E-state index is 3.82. The van der Waals surface area contributed by atoms with Crippen LogP contribution in [-0.4, -0.2) is 9.55 Å². The van der Waals surface area contributed by atoms with Gasteiger partial charge in [-0.3, -0.25) is 0 Å². The van der Waals surface area contributed by atoms with E-state index >= 15 is 0 Å². The first-order valence-electron chi connectivity index (χ1n) is 43.7. The van der Waals surface area contributed by atoms with Crippen LogP contribution in [0.25, 0.3) is 109 Å². The van der Waals surface area contributed by atoms with Gasteiger partial charge >= 0.3 is 0 Å². The average molecular weight is 1970 g/mol. The molecule has 3 heterocycles. The zero-order valence-corrected chi connectivity index (χ0v) is 79.8. The molecule has 0 spiro atoms.